The van der Waals surface area contributed by atoms with Gasteiger partial charge in [-0.15, -0.1) is 0 Å². The van der Waals surface area contributed by atoms with Crippen molar-refractivity contribution < 1.29 is 9.47 Å². The van der Waals surface area contributed by atoms with Gasteiger partial charge in [0, 0.05) is 5.69 Å². The molecule has 0 saturated carbocycles. The van der Waals surface area contributed by atoms with E-state index in [0.29, 0.717) is 27.4 Å². The number of rotatable bonds is 4. The maximum atomic E-state index is 13.2. The number of para-hydroxylation sites is 2. The third-order valence-corrected chi connectivity index (χ3v) is 4.35. The van der Waals surface area contributed by atoms with E-state index in [1.807, 2.05) is 48.5 Å². The first-order valence-electron chi connectivity index (χ1n) is 8.95. The van der Waals surface area contributed by atoms with Gasteiger partial charge in [0.05, 0.1) is 18.9 Å². The molecule has 0 aliphatic heterocycles. The molecule has 0 bridgehead atoms. The standard InChI is InChI=1S/C22H18N4O3/c1-29-17-12-13-18-19(14-17)26(28)20(22(27)25-18)21(23-15-8-4-2-5-9-15)24-16-10-6-3-7-11-16/h2-14H,1H3,(H,23,24)(H,25,27). The number of aromatic nitrogens is 2. The number of amidine groups is 1. The molecule has 2 N–H and O–H groups in total. The number of anilines is 1. The van der Waals surface area contributed by atoms with E-state index in [9.17, 15) is 10.0 Å². The largest absolute Gasteiger partial charge is 0.618 e. The molecule has 0 atom stereocenters. The molecule has 7 heteroatoms. The predicted octanol–water partition coefficient (Wildman–Crippen LogP) is 3.36. The first kappa shape index (κ1) is 18.2. The van der Waals surface area contributed by atoms with E-state index in [-0.39, 0.29) is 17.0 Å². The van der Waals surface area contributed by atoms with Gasteiger partial charge in [-0.3, -0.25) is 4.79 Å². The Morgan fingerprint density at radius 2 is 1.72 bits per heavy atom. The van der Waals surface area contributed by atoms with Gasteiger partial charge in [-0.1, -0.05) is 36.4 Å². The van der Waals surface area contributed by atoms with Crippen LogP contribution in [0.15, 0.2) is 88.6 Å². The minimum atomic E-state index is -0.546. The molecule has 0 aliphatic rings. The van der Waals surface area contributed by atoms with Crippen LogP contribution in [0.1, 0.15) is 5.69 Å². The van der Waals surface area contributed by atoms with Crippen molar-refractivity contribution in [2.24, 2.45) is 4.99 Å². The van der Waals surface area contributed by atoms with Crippen LogP contribution in [0.5, 0.6) is 5.75 Å². The topological polar surface area (TPSA) is 93.4 Å². The summed E-state index contributed by atoms with van der Waals surface area (Å²) >= 11 is 0. The van der Waals surface area contributed by atoms with Crippen molar-refractivity contribution in [1.82, 2.24) is 4.98 Å². The van der Waals surface area contributed by atoms with Gasteiger partial charge in [-0.05, 0) is 36.4 Å². The minimum Gasteiger partial charge on any atom is -0.618 e. The maximum Gasteiger partial charge on any atom is 0.326 e. The van der Waals surface area contributed by atoms with Crippen LogP contribution in [0.25, 0.3) is 11.0 Å². The molecular formula is C22H18N4O3. The zero-order valence-electron chi connectivity index (χ0n) is 15.6. The number of fused-ring (bicyclic) bond motifs is 1. The monoisotopic (exact) mass is 386 g/mol. The lowest BCUT2D eigenvalue weighted by Crippen LogP contribution is -2.45. The minimum absolute atomic E-state index is 0.140. The van der Waals surface area contributed by atoms with Gasteiger partial charge in [0.15, 0.2) is 0 Å². The number of nitrogens with one attached hydrogen (secondary N) is 2. The first-order valence-corrected chi connectivity index (χ1v) is 8.95. The van der Waals surface area contributed by atoms with E-state index in [4.69, 9.17) is 4.74 Å². The number of ether oxygens (including phenoxy) is 1. The second-order valence-electron chi connectivity index (χ2n) is 6.27. The Bertz CT molecular complexity index is 1240. The van der Waals surface area contributed by atoms with E-state index in [1.54, 1.807) is 30.3 Å². The molecule has 3 aromatic carbocycles. The highest BCUT2D eigenvalue weighted by atomic mass is 16.5. The van der Waals surface area contributed by atoms with Gasteiger partial charge in [0.25, 0.3) is 0 Å². The van der Waals surface area contributed by atoms with Crippen LogP contribution in [-0.2, 0) is 0 Å². The maximum absolute atomic E-state index is 13.2. The lowest BCUT2D eigenvalue weighted by Gasteiger charge is -2.12. The number of benzene rings is 3. The highest BCUT2D eigenvalue weighted by molar-refractivity contribution is 6.07. The van der Waals surface area contributed by atoms with Crippen LogP contribution in [0, 0.1) is 5.21 Å². The summed E-state index contributed by atoms with van der Waals surface area (Å²) in [5.41, 5.74) is 1.31. The van der Waals surface area contributed by atoms with E-state index >= 15 is 0 Å². The van der Waals surface area contributed by atoms with Crippen molar-refractivity contribution in [2.45, 2.75) is 0 Å². The van der Waals surface area contributed by atoms with Crippen molar-refractivity contribution in [2.75, 3.05) is 12.4 Å². The Labute approximate surface area is 166 Å². The molecule has 4 aromatic rings. The van der Waals surface area contributed by atoms with Gasteiger partial charge >= 0.3 is 11.3 Å². The molecule has 0 radical (unpaired) electrons. The van der Waals surface area contributed by atoms with Crippen molar-refractivity contribution in [3.8, 4) is 5.75 Å². The SMILES string of the molecule is COc1ccc2[nH]c(=O)c(C(=Nc3ccccc3)Nc3ccccc3)[n+]([O-])c2c1. The van der Waals surface area contributed by atoms with E-state index in [1.165, 1.54) is 7.11 Å². The third kappa shape index (κ3) is 3.79. The zero-order valence-corrected chi connectivity index (χ0v) is 15.6. The van der Waals surface area contributed by atoms with Crippen LogP contribution >= 0.6 is 0 Å². The molecule has 1 aromatic heterocycles. The molecule has 0 fully saturated rings. The highest BCUT2D eigenvalue weighted by Crippen LogP contribution is 2.17. The van der Waals surface area contributed by atoms with Crippen molar-refractivity contribution in [1.29, 1.82) is 0 Å². The van der Waals surface area contributed by atoms with Crippen molar-refractivity contribution >= 4 is 28.2 Å². The summed E-state index contributed by atoms with van der Waals surface area (Å²) in [6.45, 7) is 0. The number of aliphatic imine (C=N–C) groups is 1. The summed E-state index contributed by atoms with van der Waals surface area (Å²) in [4.78, 5) is 20.1. The van der Waals surface area contributed by atoms with Crippen LogP contribution in [0.4, 0.5) is 11.4 Å². The molecule has 29 heavy (non-hydrogen) atoms. The summed E-state index contributed by atoms with van der Waals surface area (Å²) in [6, 6.07) is 23.2. The van der Waals surface area contributed by atoms with Gasteiger partial charge < -0.3 is 20.2 Å². The Hall–Kier alpha value is -4.13. The van der Waals surface area contributed by atoms with Crippen molar-refractivity contribution in [3.05, 3.63) is 100 Å². The Kier molecular flexibility index (Phi) is 4.94. The fourth-order valence-corrected chi connectivity index (χ4v) is 2.94. The summed E-state index contributed by atoms with van der Waals surface area (Å²) < 4.78 is 5.79. The number of methoxy groups -OCH3 is 1. The third-order valence-electron chi connectivity index (χ3n) is 4.35. The molecule has 1 heterocycles. The van der Waals surface area contributed by atoms with Crippen LogP contribution < -0.4 is 20.3 Å². The number of nitrogens with zero attached hydrogens (tertiary/aromatic N) is 2. The predicted molar refractivity (Wildman–Crippen MR) is 113 cm³/mol. The van der Waals surface area contributed by atoms with Gasteiger partial charge in [0.2, 0.25) is 11.4 Å². The lowest BCUT2D eigenvalue weighted by atomic mass is 10.2. The average molecular weight is 386 g/mol. The van der Waals surface area contributed by atoms with Crippen LogP contribution in [-0.4, -0.2) is 17.9 Å². The molecule has 0 unspecified atom stereocenters. The first-order chi connectivity index (χ1) is 14.2. The second kappa shape index (κ2) is 7.85. The molecule has 4 rings (SSSR count). The summed E-state index contributed by atoms with van der Waals surface area (Å²) in [6.07, 6.45) is 0. The number of aromatic amines is 1. The normalized spacial score (nSPS) is 11.4. The molecule has 0 aliphatic carbocycles. The van der Waals surface area contributed by atoms with Gasteiger partial charge in [-0.25, -0.2) is 4.99 Å². The fourth-order valence-electron chi connectivity index (χ4n) is 2.94. The highest BCUT2D eigenvalue weighted by Gasteiger charge is 2.23. The molecule has 0 saturated heterocycles. The van der Waals surface area contributed by atoms with E-state index in [2.05, 4.69) is 15.3 Å². The summed E-state index contributed by atoms with van der Waals surface area (Å²) in [5.74, 6) is 0.654. The Balaban J connectivity index is 1.93. The van der Waals surface area contributed by atoms with E-state index < -0.39 is 5.56 Å². The Morgan fingerprint density at radius 3 is 2.41 bits per heavy atom. The fraction of sp³-hybridized carbons (Fsp3) is 0.0455. The molecule has 7 nitrogen and oxygen atoms in total. The second-order valence-corrected chi connectivity index (χ2v) is 6.27. The molecular weight excluding hydrogens is 368 g/mol. The number of H-pyrrole nitrogens is 1. The van der Waals surface area contributed by atoms with Gasteiger partial charge in [-0.2, -0.15) is 4.73 Å². The summed E-state index contributed by atoms with van der Waals surface area (Å²) in [5, 5.41) is 16.3. The van der Waals surface area contributed by atoms with Crippen LogP contribution in [0.2, 0.25) is 0 Å². The molecule has 0 spiro atoms. The number of hydrogen-bond acceptors (Lipinski definition) is 4. The van der Waals surface area contributed by atoms with Crippen LogP contribution in [0.3, 0.4) is 0 Å². The van der Waals surface area contributed by atoms with E-state index in [0.717, 1.165) is 0 Å². The molecule has 0 amide bonds. The average Bonchev–Trinajstić information content (AvgIpc) is 2.75. The zero-order chi connectivity index (χ0) is 20.2. The van der Waals surface area contributed by atoms with Crippen molar-refractivity contribution in [3.63, 3.8) is 0 Å². The molecule has 144 valence electrons. The quantitative estimate of drug-likeness (QED) is 0.243. The smallest absolute Gasteiger partial charge is 0.326 e. The van der Waals surface area contributed by atoms with Gasteiger partial charge in [0.1, 0.15) is 11.3 Å². The summed E-state index contributed by atoms with van der Waals surface area (Å²) in [7, 11) is 1.52. The Morgan fingerprint density at radius 1 is 1.03 bits per heavy atom. The number of hydrogen-bond donors (Lipinski definition) is 2. The lowest BCUT2D eigenvalue weighted by molar-refractivity contribution is -0.579.